The van der Waals surface area contributed by atoms with Crippen LogP contribution in [0.5, 0.6) is 0 Å². The number of hydrogen-bond acceptors (Lipinski definition) is 4. The van der Waals surface area contributed by atoms with Crippen LogP contribution in [0.3, 0.4) is 0 Å². The van der Waals surface area contributed by atoms with Gasteiger partial charge in [-0.15, -0.1) is 0 Å². The highest BCUT2D eigenvalue weighted by Crippen LogP contribution is 2.35. The fourth-order valence-electron chi connectivity index (χ4n) is 2.95. The smallest absolute Gasteiger partial charge is 0.379 e. The van der Waals surface area contributed by atoms with Gasteiger partial charge in [-0.2, -0.15) is 18.3 Å². The number of aliphatic hydroxyl groups excluding tert-OH is 1. The quantitative estimate of drug-likeness (QED) is 0.442. The van der Waals surface area contributed by atoms with Crippen molar-refractivity contribution in [1.82, 2.24) is 15.2 Å². The molecule has 3 rings (SSSR count). The Balaban J connectivity index is 2.02. The molecule has 1 unspecified atom stereocenters. The van der Waals surface area contributed by atoms with Gasteiger partial charge in [-0.25, -0.2) is 13.8 Å². The summed E-state index contributed by atoms with van der Waals surface area (Å²) in [6.45, 7) is 1.68. The number of hydrogen-bond donors (Lipinski definition) is 2. The lowest BCUT2D eigenvalue weighted by Crippen LogP contribution is -2.20. The summed E-state index contributed by atoms with van der Waals surface area (Å²) in [5.41, 5.74) is -0.602. The first kappa shape index (κ1) is 21.6. The van der Waals surface area contributed by atoms with Gasteiger partial charge in [-0.05, 0) is 47.0 Å². The molecular formula is C20H16F5N3O2. The number of Topliss-reactive ketones (excluding diaryl/α,β-unsaturated/α-hetero) is 1. The lowest BCUT2D eigenvalue weighted by molar-refractivity contribution is -0.206. The molecule has 5 nitrogen and oxygen atoms in total. The number of nitrogens with zero attached hydrogens (tertiary/aromatic N) is 2. The molecule has 30 heavy (non-hydrogen) atoms. The lowest BCUT2D eigenvalue weighted by atomic mass is 9.92. The third-order valence-corrected chi connectivity index (χ3v) is 4.55. The first-order valence-electron chi connectivity index (χ1n) is 8.80. The maximum absolute atomic E-state index is 13.6. The van der Waals surface area contributed by atoms with E-state index in [4.69, 9.17) is 0 Å². The second-order valence-corrected chi connectivity index (χ2v) is 6.82. The summed E-state index contributed by atoms with van der Waals surface area (Å²) in [7, 11) is 0. The minimum atomic E-state index is -4.97. The van der Waals surface area contributed by atoms with E-state index in [1.165, 1.54) is 18.5 Å². The number of halogens is 5. The van der Waals surface area contributed by atoms with Crippen molar-refractivity contribution in [2.75, 3.05) is 0 Å². The van der Waals surface area contributed by atoms with Crippen LogP contribution >= 0.6 is 0 Å². The van der Waals surface area contributed by atoms with Gasteiger partial charge in [-0.1, -0.05) is 13.0 Å². The van der Waals surface area contributed by atoms with E-state index in [-0.39, 0.29) is 23.1 Å². The van der Waals surface area contributed by atoms with E-state index >= 15 is 0 Å². The third kappa shape index (κ3) is 4.70. The third-order valence-electron chi connectivity index (χ3n) is 4.55. The second kappa shape index (κ2) is 8.31. The topological polar surface area (TPSA) is 78.9 Å². The van der Waals surface area contributed by atoms with Crippen LogP contribution in [0.2, 0.25) is 0 Å². The van der Waals surface area contributed by atoms with Gasteiger partial charge in [0.15, 0.2) is 23.5 Å². The minimum Gasteiger partial charge on any atom is -0.379 e. The number of aliphatic hydroxyl groups is 1. The van der Waals surface area contributed by atoms with E-state index in [1.54, 1.807) is 6.92 Å². The van der Waals surface area contributed by atoms with E-state index in [9.17, 15) is 31.9 Å². The average molecular weight is 425 g/mol. The fraction of sp³-hybridized carbons (Fsp3) is 0.250. The summed E-state index contributed by atoms with van der Waals surface area (Å²) < 4.78 is 66.0. The number of benzene rings is 2. The molecule has 10 heteroatoms. The highest BCUT2D eigenvalue weighted by Gasteiger charge is 2.39. The van der Waals surface area contributed by atoms with Gasteiger partial charge in [0, 0.05) is 17.9 Å². The van der Waals surface area contributed by atoms with Crippen molar-refractivity contribution >= 4 is 5.78 Å². The Kier molecular flexibility index (Phi) is 5.97. The van der Waals surface area contributed by atoms with Crippen LogP contribution in [0, 0.1) is 11.6 Å². The molecular weight excluding hydrogens is 409 g/mol. The summed E-state index contributed by atoms with van der Waals surface area (Å²) in [6, 6.07) is 6.00. The van der Waals surface area contributed by atoms with Gasteiger partial charge in [0.2, 0.25) is 0 Å². The number of ketones is 1. The predicted molar refractivity (Wildman–Crippen MR) is 96.6 cm³/mol. The summed E-state index contributed by atoms with van der Waals surface area (Å²) in [5, 5.41) is 16.0. The van der Waals surface area contributed by atoms with Crippen molar-refractivity contribution in [3.63, 3.8) is 0 Å². The molecule has 0 aliphatic heterocycles. The molecule has 0 amide bonds. The molecule has 0 saturated carbocycles. The molecule has 1 aromatic heterocycles. The highest BCUT2D eigenvalue weighted by molar-refractivity contribution is 5.98. The van der Waals surface area contributed by atoms with Crippen LogP contribution in [-0.4, -0.2) is 32.2 Å². The van der Waals surface area contributed by atoms with Crippen molar-refractivity contribution in [1.29, 1.82) is 0 Å². The van der Waals surface area contributed by atoms with E-state index in [0.29, 0.717) is 5.82 Å². The van der Waals surface area contributed by atoms with Crippen LogP contribution in [0.25, 0.3) is 11.1 Å². The zero-order valence-electron chi connectivity index (χ0n) is 15.5. The number of carbonyl (C=O) groups is 1. The minimum absolute atomic E-state index is 0.0327. The van der Waals surface area contributed by atoms with E-state index in [1.807, 2.05) is 0 Å². The predicted octanol–water partition coefficient (Wildman–Crippen LogP) is 4.72. The molecule has 0 saturated heterocycles. The van der Waals surface area contributed by atoms with Gasteiger partial charge < -0.3 is 5.11 Å². The van der Waals surface area contributed by atoms with Crippen LogP contribution < -0.4 is 0 Å². The van der Waals surface area contributed by atoms with Crippen molar-refractivity contribution in [2.24, 2.45) is 0 Å². The Bertz CT molecular complexity index is 1050. The normalized spacial score (nSPS) is 13.8. The summed E-state index contributed by atoms with van der Waals surface area (Å²) in [6.07, 6.45) is -6.66. The molecule has 1 heterocycles. The molecule has 0 radical (unpaired) electrons. The summed E-state index contributed by atoms with van der Waals surface area (Å²) >= 11 is 0. The van der Waals surface area contributed by atoms with Gasteiger partial charge in [0.1, 0.15) is 12.2 Å². The molecule has 0 bridgehead atoms. The van der Waals surface area contributed by atoms with Crippen LogP contribution in [0.15, 0.2) is 42.7 Å². The van der Waals surface area contributed by atoms with Gasteiger partial charge >= 0.3 is 6.18 Å². The van der Waals surface area contributed by atoms with E-state index in [0.717, 1.165) is 24.3 Å². The molecule has 0 aliphatic rings. The first-order chi connectivity index (χ1) is 14.1. The van der Waals surface area contributed by atoms with Gasteiger partial charge in [0.25, 0.3) is 0 Å². The van der Waals surface area contributed by atoms with Gasteiger partial charge in [0.05, 0.1) is 0 Å². The number of rotatable bonds is 6. The maximum atomic E-state index is 13.6. The van der Waals surface area contributed by atoms with Crippen LogP contribution in [0.4, 0.5) is 22.0 Å². The molecule has 0 aliphatic carbocycles. The SMILES string of the molecule is C[C@H](CC(=O)c1cc(-c2ccc(F)c(F)c2)cc(C(O)C(F)(F)F)c1)c1ncn[nH]1. The number of carbonyl (C=O) groups excluding carboxylic acids is 1. The highest BCUT2D eigenvalue weighted by atomic mass is 19.4. The van der Waals surface area contributed by atoms with Crippen molar-refractivity contribution in [3.8, 4) is 11.1 Å². The molecule has 2 aromatic carbocycles. The number of nitrogens with one attached hydrogen (secondary N) is 1. The molecule has 2 N–H and O–H groups in total. The first-order valence-corrected chi connectivity index (χ1v) is 8.80. The molecule has 3 aromatic rings. The number of H-pyrrole nitrogens is 1. The number of aromatic nitrogens is 3. The van der Waals surface area contributed by atoms with Crippen LogP contribution in [0.1, 0.15) is 47.1 Å². The largest absolute Gasteiger partial charge is 0.418 e. The number of aromatic amines is 1. The Morgan fingerprint density at radius 2 is 1.83 bits per heavy atom. The van der Waals surface area contributed by atoms with E-state index in [2.05, 4.69) is 15.2 Å². The average Bonchev–Trinajstić information content (AvgIpc) is 3.23. The van der Waals surface area contributed by atoms with Crippen LogP contribution in [-0.2, 0) is 0 Å². The molecule has 0 spiro atoms. The van der Waals surface area contributed by atoms with Gasteiger partial charge in [-0.3, -0.25) is 9.89 Å². The summed E-state index contributed by atoms with van der Waals surface area (Å²) in [4.78, 5) is 16.7. The second-order valence-electron chi connectivity index (χ2n) is 6.82. The standard InChI is InChI=1S/C20H16F5N3O2/c1-10(19-26-9-27-28-19)4-17(29)13-5-12(11-2-3-15(21)16(22)8-11)6-14(7-13)18(30)20(23,24)25/h2-3,5-10,18,30H,4H2,1H3,(H,26,27,28)/t10-,18?/m1/s1. The maximum Gasteiger partial charge on any atom is 0.418 e. The Morgan fingerprint density at radius 3 is 2.43 bits per heavy atom. The fourth-order valence-corrected chi connectivity index (χ4v) is 2.95. The zero-order valence-corrected chi connectivity index (χ0v) is 15.5. The Hall–Kier alpha value is -3.14. The number of alkyl halides is 3. The summed E-state index contributed by atoms with van der Waals surface area (Å²) in [5.74, 6) is -2.80. The lowest BCUT2D eigenvalue weighted by Gasteiger charge is -2.18. The van der Waals surface area contributed by atoms with Crippen molar-refractivity contribution < 1.29 is 31.9 Å². The molecule has 2 atom stereocenters. The Morgan fingerprint density at radius 1 is 1.10 bits per heavy atom. The zero-order chi connectivity index (χ0) is 22.1. The van der Waals surface area contributed by atoms with Crippen molar-refractivity contribution in [2.45, 2.75) is 31.5 Å². The Labute approximate surface area is 167 Å². The monoisotopic (exact) mass is 425 g/mol. The van der Waals surface area contributed by atoms with Crippen molar-refractivity contribution in [3.05, 3.63) is 71.3 Å². The molecule has 158 valence electrons. The van der Waals surface area contributed by atoms with E-state index < -0.39 is 41.2 Å². The molecule has 0 fully saturated rings.